The molecule has 0 spiro atoms. The van der Waals surface area contributed by atoms with Crippen molar-refractivity contribution in [1.82, 2.24) is 14.9 Å². The van der Waals surface area contributed by atoms with E-state index in [2.05, 4.69) is 25.8 Å². The molecule has 7 heteroatoms. The lowest BCUT2D eigenvalue weighted by molar-refractivity contribution is 0.226. The molecule has 0 saturated carbocycles. The van der Waals surface area contributed by atoms with Crippen LogP contribution in [0.3, 0.4) is 0 Å². The summed E-state index contributed by atoms with van der Waals surface area (Å²) in [7, 11) is 0. The van der Waals surface area contributed by atoms with Crippen LogP contribution in [-0.4, -0.2) is 41.0 Å². The second-order valence-electron chi connectivity index (χ2n) is 6.38. The molecular weight excluding hydrogens is 362 g/mol. The lowest BCUT2D eigenvalue weighted by Gasteiger charge is -2.35. The highest BCUT2D eigenvalue weighted by molar-refractivity contribution is 6.30. The fourth-order valence-electron chi connectivity index (χ4n) is 3.20. The SMILES string of the molecule is N#Cc1cccnc1N1CCN(Cc2ncc(-c3cccc(Cl)c3)o2)CC1. The van der Waals surface area contributed by atoms with Gasteiger partial charge in [0.15, 0.2) is 5.76 Å². The van der Waals surface area contributed by atoms with Crippen molar-refractivity contribution >= 4 is 17.4 Å². The zero-order valence-corrected chi connectivity index (χ0v) is 15.4. The standard InChI is InChI=1S/C20H18ClN5O/c21-17-5-1-3-15(11-17)18-13-24-19(27-18)14-25-7-9-26(10-8-25)20-16(12-22)4-2-6-23-20/h1-6,11,13H,7-10,14H2. The topological polar surface area (TPSA) is 69.2 Å². The quantitative estimate of drug-likeness (QED) is 0.690. The second-order valence-corrected chi connectivity index (χ2v) is 6.81. The second kappa shape index (κ2) is 7.78. The molecule has 3 heterocycles. The van der Waals surface area contributed by atoms with Crippen LogP contribution in [0, 0.1) is 11.3 Å². The Bertz CT molecular complexity index is 972. The molecule has 1 aliphatic heterocycles. The summed E-state index contributed by atoms with van der Waals surface area (Å²) in [6.45, 7) is 4.00. The summed E-state index contributed by atoms with van der Waals surface area (Å²) in [6, 6.07) is 13.4. The Kier molecular flexibility index (Phi) is 5.05. The van der Waals surface area contributed by atoms with E-state index in [0.29, 0.717) is 23.0 Å². The third-order valence-electron chi connectivity index (χ3n) is 4.60. The lowest BCUT2D eigenvalue weighted by Crippen LogP contribution is -2.46. The zero-order valence-electron chi connectivity index (χ0n) is 14.7. The van der Waals surface area contributed by atoms with Crippen LogP contribution < -0.4 is 4.90 Å². The summed E-state index contributed by atoms with van der Waals surface area (Å²) in [5.41, 5.74) is 1.54. The third kappa shape index (κ3) is 3.95. The molecule has 6 nitrogen and oxygen atoms in total. The van der Waals surface area contributed by atoms with Gasteiger partial charge in [-0.1, -0.05) is 23.7 Å². The predicted octanol–water partition coefficient (Wildman–Crippen LogP) is 3.58. The van der Waals surface area contributed by atoms with Crippen molar-refractivity contribution in [3.05, 3.63) is 65.3 Å². The molecule has 0 N–H and O–H groups in total. The monoisotopic (exact) mass is 379 g/mol. The van der Waals surface area contributed by atoms with Gasteiger partial charge in [-0.25, -0.2) is 9.97 Å². The van der Waals surface area contributed by atoms with Gasteiger partial charge >= 0.3 is 0 Å². The predicted molar refractivity (Wildman–Crippen MR) is 103 cm³/mol. The molecule has 1 saturated heterocycles. The number of nitriles is 1. The Morgan fingerprint density at radius 3 is 2.74 bits per heavy atom. The maximum Gasteiger partial charge on any atom is 0.209 e. The number of piperazine rings is 1. The summed E-state index contributed by atoms with van der Waals surface area (Å²) >= 11 is 6.04. The molecular formula is C20H18ClN5O. The number of benzene rings is 1. The van der Waals surface area contributed by atoms with Gasteiger partial charge in [0.2, 0.25) is 5.89 Å². The van der Waals surface area contributed by atoms with Gasteiger partial charge in [0.1, 0.15) is 11.9 Å². The number of pyridine rings is 1. The molecule has 1 fully saturated rings. The fourth-order valence-corrected chi connectivity index (χ4v) is 3.39. The minimum Gasteiger partial charge on any atom is -0.439 e. The number of aromatic nitrogens is 2. The average Bonchev–Trinajstić information content (AvgIpc) is 3.17. The van der Waals surface area contributed by atoms with Gasteiger partial charge in [0.05, 0.1) is 18.3 Å². The molecule has 0 radical (unpaired) electrons. The van der Waals surface area contributed by atoms with Crippen LogP contribution in [0.25, 0.3) is 11.3 Å². The molecule has 3 aromatic rings. The molecule has 0 amide bonds. The smallest absolute Gasteiger partial charge is 0.209 e. The van der Waals surface area contributed by atoms with Gasteiger partial charge in [-0.05, 0) is 24.3 Å². The normalized spacial score (nSPS) is 14.9. The van der Waals surface area contributed by atoms with Crippen molar-refractivity contribution in [3.63, 3.8) is 0 Å². The Labute approximate surface area is 162 Å². The largest absolute Gasteiger partial charge is 0.439 e. The van der Waals surface area contributed by atoms with Crippen molar-refractivity contribution in [2.24, 2.45) is 0 Å². The number of nitrogens with zero attached hydrogens (tertiary/aromatic N) is 5. The molecule has 27 heavy (non-hydrogen) atoms. The van der Waals surface area contributed by atoms with Crippen molar-refractivity contribution in [2.75, 3.05) is 31.1 Å². The van der Waals surface area contributed by atoms with E-state index >= 15 is 0 Å². The van der Waals surface area contributed by atoms with Crippen LogP contribution in [0.5, 0.6) is 0 Å². The zero-order chi connectivity index (χ0) is 18.6. The number of oxazole rings is 1. The molecule has 0 aliphatic carbocycles. The molecule has 4 rings (SSSR count). The van der Waals surface area contributed by atoms with Crippen molar-refractivity contribution < 1.29 is 4.42 Å². The van der Waals surface area contributed by atoms with E-state index in [9.17, 15) is 5.26 Å². The van der Waals surface area contributed by atoms with E-state index in [1.165, 1.54) is 0 Å². The molecule has 0 unspecified atom stereocenters. The average molecular weight is 380 g/mol. The maximum absolute atomic E-state index is 9.25. The van der Waals surface area contributed by atoms with Crippen molar-refractivity contribution in [3.8, 4) is 17.4 Å². The van der Waals surface area contributed by atoms with Gasteiger partial charge in [-0.2, -0.15) is 5.26 Å². The summed E-state index contributed by atoms with van der Waals surface area (Å²) in [6.07, 6.45) is 3.47. The Balaban J connectivity index is 1.38. The minimum atomic E-state index is 0.616. The van der Waals surface area contributed by atoms with Gasteiger partial charge in [-0.3, -0.25) is 4.90 Å². The maximum atomic E-state index is 9.25. The highest BCUT2D eigenvalue weighted by Gasteiger charge is 2.21. The van der Waals surface area contributed by atoms with Crippen LogP contribution >= 0.6 is 11.6 Å². The Hall–Kier alpha value is -2.88. The van der Waals surface area contributed by atoms with Crippen LogP contribution in [0.4, 0.5) is 5.82 Å². The highest BCUT2D eigenvalue weighted by atomic mass is 35.5. The number of hydrogen-bond donors (Lipinski definition) is 0. The van der Waals surface area contributed by atoms with Gasteiger partial charge in [0, 0.05) is 43.0 Å². The first-order valence-corrected chi connectivity index (χ1v) is 9.14. The van der Waals surface area contributed by atoms with Gasteiger partial charge in [-0.15, -0.1) is 0 Å². The first-order chi connectivity index (χ1) is 13.2. The van der Waals surface area contributed by atoms with E-state index in [1.54, 1.807) is 24.5 Å². The van der Waals surface area contributed by atoms with Gasteiger partial charge in [0.25, 0.3) is 0 Å². The summed E-state index contributed by atoms with van der Waals surface area (Å²) in [5, 5.41) is 9.93. The molecule has 1 aromatic carbocycles. The molecule has 0 atom stereocenters. The minimum absolute atomic E-state index is 0.616. The fraction of sp³-hybridized carbons (Fsp3) is 0.250. The van der Waals surface area contributed by atoms with E-state index in [-0.39, 0.29) is 0 Å². The van der Waals surface area contributed by atoms with Crippen LogP contribution in [0.15, 0.2) is 53.2 Å². The first kappa shape index (κ1) is 17.5. The summed E-state index contributed by atoms with van der Waals surface area (Å²) in [5.74, 6) is 2.17. The van der Waals surface area contributed by atoms with E-state index < -0.39 is 0 Å². The molecule has 0 bridgehead atoms. The number of halogens is 1. The lowest BCUT2D eigenvalue weighted by atomic mass is 10.2. The van der Waals surface area contributed by atoms with Crippen molar-refractivity contribution in [2.45, 2.75) is 6.54 Å². The van der Waals surface area contributed by atoms with Crippen LogP contribution in [0.2, 0.25) is 5.02 Å². The third-order valence-corrected chi connectivity index (χ3v) is 4.84. The Morgan fingerprint density at radius 1 is 1.11 bits per heavy atom. The number of anilines is 1. The number of rotatable bonds is 4. The van der Waals surface area contributed by atoms with E-state index in [1.807, 2.05) is 24.3 Å². The van der Waals surface area contributed by atoms with Crippen LogP contribution in [-0.2, 0) is 6.54 Å². The number of hydrogen-bond acceptors (Lipinski definition) is 6. The molecule has 1 aliphatic rings. The molecule has 2 aromatic heterocycles. The summed E-state index contributed by atoms with van der Waals surface area (Å²) in [4.78, 5) is 13.2. The van der Waals surface area contributed by atoms with E-state index in [0.717, 1.165) is 43.3 Å². The highest BCUT2D eigenvalue weighted by Crippen LogP contribution is 2.24. The van der Waals surface area contributed by atoms with Crippen molar-refractivity contribution in [1.29, 1.82) is 5.26 Å². The van der Waals surface area contributed by atoms with E-state index in [4.69, 9.17) is 16.0 Å². The van der Waals surface area contributed by atoms with Gasteiger partial charge < -0.3 is 9.32 Å². The molecule has 136 valence electrons. The van der Waals surface area contributed by atoms with Crippen LogP contribution in [0.1, 0.15) is 11.5 Å². The summed E-state index contributed by atoms with van der Waals surface area (Å²) < 4.78 is 5.90. The Morgan fingerprint density at radius 2 is 1.96 bits per heavy atom. The first-order valence-electron chi connectivity index (χ1n) is 8.76.